The van der Waals surface area contributed by atoms with Gasteiger partial charge in [-0.15, -0.1) is 0 Å². The molecule has 0 radical (unpaired) electrons. The van der Waals surface area contributed by atoms with E-state index in [1.54, 1.807) is 0 Å². The number of ether oxygens (including phenoxy) is 1. The molecule has 0 amide bonds. The zero-order valence-corrected chi connectivity index (χ0v) is 9.54. The van der Waals surface area contributed by atoms with Gasteiger partial charge in [-0.3, -0.25) is 0 Å². The van der Waals surface area contributed by atoms with Crippen LogP contribution in [0.3, 0.4) is 0 Å². The van der Waals surface area contributed by atoms with Gasteiger partial charge in [0.1, 0.15) is 12.4 Å². The predicted octanol–water partition coefficient (Wildman–Crippen LogP) is 2.18. The highest BCUT2D eigenvalue weighted by Crippen LogP contribution is 2.17. The Balaban J connectivity index is 2.02. The van der Waals surface area contributed by atoms with Crippen molar-refractivity contribution in [2.75, 3.05) is 0 Å². The molecule has 0 spiro atoms. The molecule has 2 aromatic rings. The van der Waals surface area contributed by atoms with Gasteiger partial charge in [-0.1, -0.05) is 42.5 Å². The van der Waals surface area contributed by atoms with E-state index in [1.165, 1.54) is 0 Å². The lowest BCUT2D eigenvalue weighted by molar-refractivity contribution is 0.305. The van der Waals surface area contributed by atoms with Gasteiger partial charge in [0, 0.05) is 0 Å². The molecular formula is C14H16N2O. The largest absolute Gasteiger partial charge is 0.489 e. The van der Waals surface area contributed by atoms with Crippen LogP contribution in [0.25, 0.3) is 0 Å². The molecule has 0 aliphatic heterocycles. The van der Waals surface area contributed by atoms with Crippen LogP contribution in [0.15, 0.2) is 54.6 Å². The summed E-state index contributed by atoms with van der Waals surface area (Å²) in [6.07, 6.45) is -0.463. The van der Waals surface area contributed by atoms with Crippen LogP contribution in [0, 0.1) is 0 Å². The Kier molecular flexibility index (Phi) is 3.75. The lowest BCUT2D eigenvalue weighted by Gasteiger charge is -2.10. The minimum atomic E-state index is -0.463. The second kappa shape index (κ2) is 5.48. The third kappa shape index (κ3) is 3.31. The first kappa shape index (κ1) is 11.6. The summed E-state index contributed by atoms with van der Waals surface area (Å²) in [4.78, 5) is 0. The second-order valence-electron chi connectivity index (χ2n) is 3.87. The predicted molar refractivity (Wildman–Crippen MR) is 68.3 cm³/mol. The Hall–Kier alpha value is -1.84. The number of hydrogen-bond acceptors (Lipinski definition) is 3. The normalized spacial score (nSPS) is 10.5. The van der Waals surface area contributed by atoms with Crippen LogP contribution in [-0.2, 0) is 6.61 Å². The average molecular weight is 228 g/mol. The fraction of sp³-hybridized carbons (Fsp3) is 0.143. The maximum absolute atomic E-state index is 5.67. The van der Waals surface area contributed by atoms with E-state index in [4.69, 9.17) is 16.2 Å². The minimum Gasteiger partial charge on any atom is -0.489 e. The van der Waals surface area contributed by atoms with Crippen LogP contribution in [0.5, 0.6) is 5.75 Å². The molecule has 0 saturated carbocycles. The van der Waals surface area contributed by atoms with Crippen molar-refractivity contribution < 1.29 is 4.74 Å². The standard InChI is InChI=1S/C14H16N2O/c15-14(16)12-7-4-8-13(9-12)17-10-11-5-2-1-3-6-11/h1-9,14H,10,15-16H2. The van der Waals surface area contributed by atoms with E-state index in [9.17, 15) is 0 Å². The van der Waals surface area contributed by atoms with Crippen LogP contribution in [0.4, 0.5) is 0 Å². The molecule has 0 aliphatic carbocycles. The fourth-order valence-electron chi connectivity index (χ4n) is 1.55. The van der Waals surface area contributed by atoms with Crippen molar-refractivity contribution in [2.45, 2.75) is 12.8 Å². The summed E-state index contributed by atoms with van der Waals surface area (Å²) >= 11 is 0. The Morgan fingerprint density at radius 1 is 0.941 bits per heavy atom. The van der Waals surface area contributed by atoms with Gasteiger partial charge in [0.25, 0.3) is 0 Å². The fourth-order valence-corrected chi connectivity index (χ4v) is 1.55. The maximum Gasteiger partial charge on any atom is 0.120 e. The summed E-state index contributed by atoms with van der Waals surface area (Å²) in [5.74, 6) is 0.784. The van der Waals surface area contributed by atoms with Crippen molar-refractivity contribution in [1.82, 2.24) is 0 Å². The van der Waals surface area contributed by atoms with Crippen molar-refractivity contribution in [2.24, 2.45) is 11.5 Å². The van der Waals surface area contributed by atoms with Crippen LogP contribution in [0.1, 0.15) is 17.3 Å². The molecule has 0 saturated heterocycles. The molecule has 0 unspecified atom stereocenters. The molecule has 0 aromatic heterocycles. The second-order valence-corrected chi connectivity index (χ2v) is 3.87. The monoisotopic (exact) mass is 228 g/mol. The average Bonchev–Trinajstić information content (AvgIpc) is 2.38. The van der Waals surface area contributed by atoms with Crippen molar-refractivity contribution in [3.05, 3.63) is 65.7 Å². The molecule has 0 bridgehead atoms. The molecule has 88 valence electrons. The molecule has 3 nitrogen and oxygen atoms in total. The van der Waals surface area contributed by atoms with Crippen molar-refractivity contribution >= 4 is 0 Å². The highest BCUT2D eigenvalue weighted by Gasteiger charge is 2.01. The quantitative estimate of drug-likeness (QED) is 0.788. The highest BCUT2D eigenvalue weighted by atomic mass is 16.5. The number of nitrogens with two attached hydrogens (primary N) is 2. The van der Waals surface area contributed by atoms with Crippen LogP contribution in [0.2, 0.25) is 0 Å². The van der Waals surface area contributed by atoms with E-state index >= 15 is 0 Å². The zero-order valence-electron chi connectivity index (χ0n) is 9.54. The maximum atomic E-state index is 5.67. The summed E-state index contributed by atoms with van der Waals surface area (Å²) < 4.78 is 5.67. The van der Waals surface area contributed by atoms with Gasteiger partial charge in [-0.2, -0.15) is 0 Å². The van der Waals surface area contributed by atoms with E-state index in [2.05, 4.69) is 0 Å². The molecule has 0 aliphatic rings. The molecule has 0 atom stereocenters. The number of hydrogen-bond donors (Lipinski definition) is 2. The SMILES string of the molecule is NC(N)c1cccc(OCc2ccccc2)c1. The summed E-state index contributed by atoms with van der Waals surface area (Å²) in [7, 11) is 0. The summed E-state index contributed by atoms with van der Waals surface area (Å²) in [6, 6.07) is 17.6. The third-order valence-corrected chi connectivity index (χ3v) is 2.49. The van der Waals surface area contributed by atoms with Gasteiger partial charge >= 0.3 is 0 Å². The highest BCUT2D eigenvalue weighted by molar-refractivity contribution is 5.30. The molecule has 4 N–H and O–H groups in total. The Bertz CT molecular complexity index is 469. The molecule has 17 heavy (non-hydrogen) atoms. The van der Waals surface area contributed by atoms with Crippen LogP contribution in [-0.4, -0.2) is 0 Å². The minimum absolute atomic E-state index is 0.463. The van der Waals surface area contributed by atoms with Gasteiger partial charge in [-0.05, 0) is 23.3 Å². The van der Waals surface area contributed by atoms with Gasteiger partial charge in [-0.25, -0.2) is 0 Å². The van der Waals surface area contributed by atoms with Crippen molar-refractivity contribution in [3.8, 4) is 5.75 Å². The molecule has 3 heteroatoms. The van der Waals surface area contributed by atoms with Gasteiger partial charge in [0.05, 0.1) is 6.17 Å². The lowest BCUT2D eigenvalue weighted by Crippen LogP contribution is -2.19. The zero-order chi connectivity index (χ0) is 12.1. The first-order valence-corrected chi connectivity index (χ1v) is 5.53. The molecule has 2 aromatic carbocycles. The van der Waals surface area contributed by atoms with Gasteiger partial charge in [0.15, 0.2) is 0 Å². The third-order valence-electron chi connectivity index (χ3n) is 2.49. The van der Waals surface area contributed by atoms with E-state index in [0.29, 0.717) is 6.61 Å². The Morgan fingerprint density at radius 2 is 1.71 bits per heavy atom. The van der Waals surface area contributed by atoms with Crippen molar-refractivity contribution in [1.29, 1.82) is 0 Å². The lowest BCUT2D eigenvalue weighted by atomic mass is 10.2. The molecule has 0 fully saturated rings. The number of rotatable bonds is 4. The molecule has 2 rings (SSSR count). The van der Waals surface area contributed by atoms with E-state index in [-0.39, 0.29) is 0 Å². The molecular weight excluding hydrogens is 212 g/mol. The summed E-state index contributed by atoms with van der Waals surface area (Å²) in [5.41, 5.74) is 13.2. The van der Waals surface area contributed by atoms with Gasteiger partial charge in [0.2, 0.25) is 0 Å². The first-order valence-electron chi connectivity index (χ1n) is 5.53. The van der Waals surface area contributed by atoms with E-state index in [0.717, 1.165) is 16.9 Å². The van der Waals surface area contributed by atoms with Crippen molar-refractivity contribution in [3.63, 3.8) is 0 Å². The molecule has 0 heterocycles. The topological polar surface area (TPSA) is 61.3 Å². The smallest absolute Gasteiger partial charge is 0.120 e. The summed E-state index contributed by atoms with van der Waals surface area (Å²) in [6.45, 7) is 0.546. The van der Waals surface area contributed by atoms with E-state index in [1.807, 2.05) is 54.6 Å². The van der Waals surface area contributed by atoms with Gasteiger partial charge < -0.3 is 16.2 Å². The Morgan fingerprint density at radius 3 is 2.41 bits per heavy atom. The summed E-state index contributed by atoms with van der Waals surface area (Å²) in [5, 5.41) is 0. The number of benzene rings is 2. The van der Waals surface area contributed by atoms with Crippen LogP contribution >= 0.6 is 0 Å². The van der Waals surface area contributed by atoms with E-state index < -0.39 is 6.17 Å². The first-order chi connectivity index (χ1) is 8.25. The Labute approximate surface area is 101 Å². The van der Waals surface area contributed by atoms with Crippen LogP contribution < -0.4 is 16.2 Å².